The zero-order valence-electron chi connectivity index (χ0n) is 10.3. The Morgan fingerprint density at radius 1 is 1.24 bits per heavy atom. The molecule has 0 amide bonds. The smallest absolute Gasteiger partial charge is 0.137 e. The summed E-state index contributed by atoms with van der Waals surface area (Å²) in [6.45, 7) is 4.33. The van der Waals surface area contributed by atoms with Gasteiger partial charge in [-0.05, 0) is 24.8 Å². The number of rotatable bonds is 2. The molecule has 1 aliphatic heterocycles. The number of benzene rings is 1. The SMILES string of the molecule is C[C@@H](c1ccccc1)N1C[C@H]2CCC(=O)[C@H]2C1. The third-order valence-electron chi connectivity index (χ3n) is 4.47. The molecule has 1 saturated carbocycles. The van der Waals surface area contributed by atoms with Crippen LogP contribution in [-0.4, -0.2) is 23.8 Å². The zero-order chi connectivity index (χ0) is 11.8. The Morgan fingerprint density at radius 2 is 2.00 bits per heavy atom. The predicted octanol–water partition coefficient (Wildman–Crippen LogP) is 2.66. The maximum absolute atomic E-state index is 11.7. The molecule has 1 heterocycles. The molecule has 0 radical (unpaired) electrons. The Bertz CT molecular complexity index is 414. The number of hydrogen-bond donors (Lipinski definition) is 0. The molecule has 0 N–H and O–H groups in total. The highest BCUT2D eigenvalue weighted by Crippen LogP contribution is 2.38. The maximum Gasteiger partial charge on any atom is 0.137 e. The van der Waals surface area contributed by atoms with Crippen LogP contribution in [0.5, 0.6) is 0 Å². The van der Waals surface area contributed by atoms with Gasteiger partial charge in [-0.1, -0.05) is 30.3 Å². The molecule has 3 atom stereocenters. The topological polar surface area (TPSA) is 20.3 Å². The Balaban J connectivity index is 1.73. The highest BCUT2D eigenvalue weighted by Gasteiger charge is 2.42. The molecule has 2 fully saturated rings. The van der Waals surface area contributed by atoms with Gasteiger partial charge in [-0.3, -0.25) is 9.69 Å². The molecule has 1 aromatic rings. The van der Waals surface area contributed by atoms with E-state index in [4.69, 9.17) is 0 Å². The highest BCUT2D eigenvalue weighted by molar-refractivity contribution is 5.84. The van der Waals surface area contributed by atoms with Crippen LogP contribution in [0, 0.1) is 11.8 Å². The van der Waals surface area contributed by atoms with Crippen molar-refractivity contribution in [1.29, 1.82) is 0 Å². The van der Waals surface area contributed by atoms with Crippen LogP contribution in [0.25, 0.3) is 0 Å². The second-order valence-corrected chi connectivity index (χ2v) is 5.41. The van der Waals surface area contributed by atoms with Crippen LogP contribution in [0.4, 0.5) is 0 Å². The summed E-state index contributed by atoms with van der Waals surface area (Å²) in [5.74, 6) is 1.47. The lowest BCUT2D eigenvalue weighted by atomic mass is 10.0. The summed E-state index contributed by atoms with van der Waals surface area (Å²) in [6, 6.07) is 11.0. The summed E-state index contributed by atoms with van der Waals surface area (Å²) in [6.07, 6.45) is 1.93. The minimum Gasteiger partial charge on any atom is -0.299 e. The van der Waals surface area contributed by atoms with E-state index in [1.807, 2.05) is 0 Å². The van der Waals surface area contributed by atoms with Crippen LogP contribution in [0.3, 0.4) is 0 Å². The molecule has 2 nitrogen and oxygen atoms in total. The lowest BCUT2D eigenvalue weighted by Gasteiger charge is -2.25. The number of carbonyl (C=O) groups is 1. The van der Waals surface area contributed by atoms with E-state index in [0.29, 0.717) is 23.7 Å². The first kappa shape index (κ1) is 11.0. The fourth-order valence-electron chi connectivity index (χ4n) is 3.33. The Hall–Kier alpha value is -1.15. The number of Topliss-reactive ketones (excluding diaryl/α,β-unsaturated/α-hetero) is 1. The monoisotopic (exact) mass is 229 g/mol. The van der Waals surface area contributed by atoms with Crippen LogP contribution >= 0.6 is 0 Å². The summed E-state index contributed by atoms with van der Waals surface area (Å²) >= 11 is 0. The van der Waals surface area contributed by atoms with Crippen molar-refractivity contribution in [2.24, 2.45) is 11.8 Å². The molecular weight excluding hydrogens is 210 g/mol. The van der Waals surface area contributed by atoms with Crippen LogP contribution in [0.15, 0.2) is 30.3 Å². The second kappa shape index (κ2) is 4.26. The number of carbonyl (C=O) groups excluding carboxylic acids is 1. The van der Waals surface area contributed by atoms with Crippen molar-refractivity contribution in [3.8, 4) is 0 Å². The van der Waals surface area contributed by atoms with E-state index in [0.717, 1.165) is 25.9 Å². The van der Waals surface area contributed by atoms with Crippen LogP contribution in [0.1, 0.15) is 31.4 Å². The normalized spacial score (nSPS) is 30.5. The van der Waals surface area contributed by atoms with Crippen LogP contribution < -0.4 is 0 Å². The van der Waals surface area contributed by atoms with Gasteiger partial charge in [-0.25, -0.2) is 0 Å². The van der Waals surface area contributed by atoms with Gasteiger partial charge in [0.2, 0.25) is 0 Å². The fraction of sp³-hybridized carbons (Fsp3) is 0.533. The third-order valence-corrected chi connectivity index (χ3v) is 4.47. The molecule has 0 unspecified atom stereocenters. The van der Waals surface area contributed by atoms with E-state index in [9.17, 15) is 4.79 Å². The minimum absolute atomic E-state index is 0.334. The fourth-order valence-corrected chi connectivity index (χ4v) is 3.33. The molecule has 1 aromatic carbocycles. The van der Waals surface area contributed by atoms with Crippen molar-refractivity contribution < 1.29 is 4.79 Å². The van der Waals surface area contributed by atoms with Crippen LogP contribution in [0.2, 0.25) is 0 Å². The number of nitrogens with zero attached hydrogens (tertiary/aromatic N) is 1. The summed E-state index contributed by atoms with van der Waals surface area (Å²) < 4.78 is 0. The lowest BCUT2D eigenvalue weighted by molar-refractivity contribution is -0.120. The summed E-state index contributed by atoms with van der Waals surface area (Å²) in [7, 11) is 0. The van der Waals surface area contributed by atoms with Gasteiger partial charge < -0.3 is 0 Å². The van der Waals surface area contributed by atoms with E-state index in [1.165, 1.54) is 5.56 Å². The van der Waals surface area contributed by atoms with Crippen LogP contribution in [-0.2, 0) is 4.79 Å². The molecule has 0 bridgehead atoms. The first-order valence-corrected chi connectivity index (χ1v) is 6.57. The molecule has 1 aliphatic carbocycles. The predicted molar refractivity (Wildman–Crippen MR) is 67.7 cm³/mol. The Morgan fingerprint density at radius 3 is 2.71 bits per heavy atom. The van der Waals surface area contributed by atoms with Gasteiger partial charge in [0.15, 0.2) is 0 Å². The van der Waals surface area contributed by atoms with Crippen molar-refractivity contribution in [3.63, 3.8) is 0 Å². The van der Waals surface area contributed by atoms with Crippen molar-refractivity contribution >= 4 is 5.78 Å². The molecule has 2 aliphatic rings. The number of ketones is 1. The van der Waals surface area contributed by atoms with E-state index in [1.54, 1.807) is 0 Å². The quantitative estimate of drug-likeness (QED) is 0.777. The molecular formula is C15H19NO. The van der Waals surface area contributed by atoms with Crippen molar-refractivity contribution in [1.82, 2.24) is 4.90 Å². The molecule has 2 heteroatoms. The molecule has 90 valence electrons. The zero-order valence-corrected chi connectivity index (χ0v) is 10.3. The maximum atomic E-state index is 11.7. The van der Waals surface area contributed by atoms with Gasteiger partial charge in [0.25, 0.3) is 0 Å². The van der Waals surface area contributed by atoms with Crippen molar-refractivity contribution in [2.75, 3.05) is 13.1 Å². The van der Waals surface area contributed by atoms with Crippen molar-refractivity contribution in [2.45, 2.75) is 25.8 Å². The first-order valence-electron chi connectivity index (χ1n) is 6.57. The molecule has 0 spiro atoms. The van der Waals surface area contributed by atoms with E-state index in [2.05, 4.69) is 42.2 Å². The average molecular weight is 229 g/mol. The highest BCUT2D eigenvalue weighted by atomic mass is 16.1. The van der Waals surface area contributed by atoms with Gasteiger partial charge in [0.1, 0.15) is 5.78 Å². The van der Waals surface area contributed by atoms with E-state index >= 15 is 0 Å². The van der Waals surface area contributed by atoms with Gasteiger partial charge >= 0.3 is 0 Å². The summed E-state index contributed by atoms with van der Waals surface area (Å²) in [5, 5.41) is 0. The van der Waals surface area contributed by atoms with Gasteiger partial charge in [-0.2, -0.15) is 0 Å². The second-order valence-electron chi connectivity index (χ2n) is 5.41. The van der Waals surface area contributed by atoms with E-state index < -0.39 is 0 Å². The minimum atomic E-state index is 0.334. The number of likely N-dealkylation sites (tertiary alicyclic amines) is 1. The molecule has 17 heavy (non-hydrogen) atoms. The molecule has 3 rings (SSSR count). The summed E-state index contributed by atoms with van der Waals surface area (Å²) in [5.41, 5.74) is 1.36. The molecule has 1 saturated heterocycles. The van der Waals surface area contributed by atoms with Gasteiger partial charge in [-0.15, -0.1) is 0 Å². The lowest BCUT2D eigenvalue weighted by Crippen LogP contribution is -2.26. The Labute approximate surface area is 103 Å². The number of fused-ring (bicyclic) bond motifs is 1. The van der Waals surface area contributed by atoms with E-state index in [-0.39, 0.29) is 0 Å². The summed E-state index contributed by atoms with van der Waals surface area (Å²) in [4.78, 5) is 14.2. The number of hydrogen-bond acceptors (Lipinski definition) is 2. The Kier molecular flexibility index (Phi) is 2.75. The molecule has 0 aromatic heterocycles. The third kappa shape index (κ3) is 1.91. The van der Waals surface area contributed by atoms with Gasteiger partial charge in [0, 0.05) is 31.5 Å². The van der Waals surface area contributed by atoms with Gasteiger partial charge in [0.05, 0.1) is 0 Å². The van der Waals surface area contributed by atoms with Crippen molar-refractivity contribution in [3.05, 3.63) is 35.9 Å². The average Bonchev–Trinajstić information content (AvgIpc) is 2.92. The standard InChI is InChI=1S/C15H19NO/c1-11(12-5-3-2-4-6-12)16-9-13-7-8-15(17)14(13)10-16/h2-6,11,13-14H,7-10H2,1H3/t11-,13+,14-/m0/s1. The largest absolute Gasteiger partial charge is 0.299 e. The first-order chi connectivity index (χ1) is 8.25.